The van der Waals surface area contributed by atoms with Gasteiger partial charge in [0.15, 0.2) is 5.65 Å². The lowest BCUT2D eigenvalue weighted by Crippen LogP contribution is -2.14. The molecule has 0 amide bonds. The van der Waals surface area contributed by atoms with E-state index in [4.69, 9.17) is 4.98 Å². The van der Waals surface area contributed by atoms with Crippen molar-refractivity contribution >= 4 is 11.2 Å². The zero-order chi connectivity index (χ0) is 15.6. The summed E-state index contributed by atoms with van der Waals surface area (Å²) in [6.07, 6.45) is 3.93. The summed E-state index contributed by atoms with van der Waals surface area (Å²) in [7, 11) is 0. The summed E-state index contributed by atoms with van der Waals surface area (Å²) in [6.45, 7) is 2.73. The van der Waals surface area contributed by atoms with Gasteiger partial charge in [-0.3, -0.25) is 0 Å². The first kappa shape index (κ1) is 14.2. The number of nitrogens with zero attached hydrogens (tertiary/aromatic N) is 3. The van der Waals surface area contributed by atoms with Crippen molar-refractivity contribution < 1.29 is 5.11 Å². The summed E-state index contributed by atoms with van der Waals surface area (Å²) in [5.41, 5.74) is 2.70. The van der Waals surface area contributed by atoms with Gasteiger partial charge < -0.3 is 15.0 Å². The molecule has 1 saturated heterocycles. The minimum atomic E-state index is 0.318. The van der Waals surface area contributed by atoms with Gasteiger partial charge in [-0.2, -0.15) is 0 Å². The molecule has 2 N–H and O–H groups in total. The van der Waals surface area contributed by atoms with Gasteiger partial charge in [-0.05, 0) is 43.6 Å². The molecular weight excluding hydrogens is 288 g/mol. The summed E-state index contributed by atoms with van der Waals surface area (Å²) in [5.74, 6) is 1.99. The van der Waals surface area contributed by atoms with Gasteiger partial charge in [-0.15, -0.1) is 0 Å². The number of pyridine rings is 1. The third-order valence-electron chi connectivity index (χ3n) is 4.54. The fourth-order valence-corrected chi connectivity index (χ4v) is 3.29. The van der Waals surface area contributed by atoms with E-state index in [0.29, 0.717) is 18.2 Å². The second-order valence-corrected chi connectivity index (χ2v) is 6.15. The Balaban J connectivity index is 1.74. The number of benzene rings is 1. The fraction of sp³-hybridized carbons (Fsp3) is 0.333. The van der Waals surface area contributed by atoms with Crippen LogP contribution in [0.5, 0.6) is 5.75 Å². The third kappa shape index (κ3) is 2.80. The molecule has 1 aromatic carbocycles. The number of nitrogens with one attached hydrogen (secondary N) is 1. The van der Waals surface area contributed by atoms with E-state index in [1.807, 2.05) is 30.3 Å². The van der Waals surface area contributed by atoms with Crippen molar-refractivity contribution in [3.05, 3.63) is 54.0 Å². The van der Waals surface area contributed by atoms with E-state index in [1.54, 1.807) is 12.3 Å². The van der Waals surface area contributed by atoms with Gasteiger partial charge in [0, 0.05) is 18.2 Å². The van der Waals surface area contributed by atoms with Crippen LogP contribution in [-0.4, -0.2) is 32.7 Å². The monoisotopic (exact) mass is 308 g/mol. The van der Waals surface area contributed by atoms with Crippen molar-refractivity contribution in [2.75, 3.05) is 13.1 Å². The van der Waals surface area contributed by atoms with Crippen LogP contribution in [0.15, 0.2) is 42.6 Å². The molecule has 0 saturated carbocycles. The number of imidazole rings is 1. The zero-order valence-corrected chi connectivity index (χ0v) is 12.9. The second kappa shape index (κ2) is 6.01. The Bertz CT molecular complexity index is 821. The maximum Gasteiger partial charge on any atom is 0.160 e. The average molecular weight is 308 g/mol. The van der Waals surface area contributed by atoms with E-state index in [9.17, 15) is 5.11 Å². The highest BCUT2D eigenvalue weighted by molar-refractivity contribution is 5.71. The van der Waals surface area contributed by atoms with Crippen LogP contribution in [0.2, 0.25) is 0 Å². The van der Waals surface area contributed by atoms with Gasteiger partial charge in [0.2, 0.25) is 0 Å². The minimum absolute atomic E-state index is 0.318. The van der Waals surface area contributed by atoms with Gasteiger partial charge in [-0.25, -0.2) is 9.97 Å². The molecule has 1 aliphatic heterocycles. The van der Waals surface area contributed by atoms with E-state index in [0.717, 1.165) is 42.1 Å². The maximum absolute atomic E-state index is 10.1. The van der Waals surface area contributed by atoms with Gasteiger partial charge >= 0.3 is 0 Å². The van der Waals surface area contributed by atoms with Crippen molar-refractivity contribution in [2.24, 2.45) is 5.92 Å². The smallest absolute Gasteiger partial charge is 0.160 e. The van der Waals surface area contributed by atoms with Gasteiger partial charge in [0.1, 0.15) is 17.1 Å². The normalized spacial score (nSPS) is 17.8. The molecule has 4 rings (SSSR count). The lowest BCUT2D eigenvalue weighted by atomic mass is 10.0. The predicted octanol–water partition coefficient (Wildman–Crippen LogP) is 2.34. The molecule has 2 aromatic heterocycles. The quantitative estimate of drug-likeness (QED) is 0.776. The molecule has 3 aromatic rings. The maximum atomic E-state index is 10.1. The number of para-hydroxylation sites is 1. The Hall–Kier alpha value is -2.40. The van der Waals surface area contributed by atoms with Crippen LogP contribution in [0.25, 0.3) is 11.2 Å². The Morgan fingerprint density at radius 2 is 2.13 bits per heavy atom. The molecule has 0 aliphatic carbocycles. The van der Waals surface area contributed by atoms with Crippen molar-refractivity contribution in [1.82, 2.24) is 19.9 Å². The number of phenols is 1. The number of hydrogen-bond donors (Lipinski definition) is 2. The van der Waals surface area contributed by atoms with E-state index in [2.05, 4.69) is 14.9 Å². The Morgan fingerprint density at radius 1 is 1.22 bits per heavy atom. The molecule has 1 atom stereocenters. The van der Waals surface area contributed by atoms with Crippen molar-refractivity contribution in [3.63, 3.8) is 0 Å². The van der Waals surface area contributed by atoms with Crippen LogP contribution in [0.4, 0.5) is 0 Å². The first-order valence-electron chi connectivity index (χ1n) is 8.09. The number of rotatable bonds is 4. The lowest BCUT2D eigenvalue weighted by molar-refractivity contribution is 0.464. The molecule has 0 radical (unpaired) electrons. The molecular formula is C18H20N4O. The highest BCUT2D eigenvalue weighted by atomic mass is 16.3. The average Bonchev–Trinajstić information content (AvgIpc) is 3.19. The molecule has 1 fully saturated rings. The second-order valence-electron chi connectivity index (χ2n) is 6.15. The lowest BCUT2D eigenvalue weighted by Gasteiger charge is -2.12. The fourth-order valence-electron chi connectivity index (χ4n) is 3.29. The standard InChI is InChI=1S/C18H20N4O/c23-16-6-2-1-4-14(16)12-22-17(10-13-7-9-19-11-13)21-15-5-3-8-20-18(15)22/h1-6,8,13,19,23H,7,9-12H2. The Morgan fingerprint density at radius 3 is 2.96 bits per heavy atom. The highest BCUT2D eigenvalue weighted by Gasteiger charge is 2.20. The summed E-state index contributed by atoms with van der Waals surface area (Å²) in [6, 6.07) is 11.4. The van der Waals surface area contributed by atoms with Gasteiger partial charge in [0.05, 0.1) is 6.54 Å². The van der Waals surface area contributed by atoms with Crippen LogP contribution >= 0.6 is 0 Å². The number of hydrogen-bond acceptors (Lipinski definition) is 4. The third-order valence-corrected chi connectivity index (χ3v) is 4.54. The van der Waals surface area contributed by atoms with E-state index < -0.39 is 0 Å². The van der Waals surface area contributed by atoms with Crippen LogP contribution in [0.1, 0.15) is 17.8 Å². The molecule has 118 valence electrons. The molecule has 1 aliphatic rings. The van der Waals surface area contributed by atoms with Crippen molar-refractivity contribution in [3.8, 4) is 5.75 Å². The first-order valence-corrected chi connectivity index (χ1v) is 8.09. The van der Waals surface area contributed by atoms with Crippen LogP contribution < -0.4 is 5.32 Å². The van der Waals surface area contributed by atoms with Crippen LogP contribution in [0, 0.1) is 5.92 Å². The molecule has 0 spiro atoms. The van der Waals surface area contributed by atoms with Crippen molar-refractivity contribution in [2.45, 2.75) is 19.4 Å². The van der Waals surface area contributed by atoms with Crippen molar-refractivity contribution in [1.29, 1.82) is 0 Å². The summed E-state index contributed by atoms with van der Waals surface area (Å²) in [5, 5.41) is 13.5. The Labute approximate surface area is 135 Å². The SMILES string of the molecule is Oc1ccccc1Cn1c(CC2CCNC2)nc2cccnc21. The van der Waals surface area contributed by atoms with E-state index in [1.165, 1.54) is 6.42 Å². The zero-order valence-electron chi connectivity index (χ0n) is 12.9. The highest BCUT2D eigenvalue weighted by Crippen LogP contribution is 2.23. The number of aromatic hydroxyl groups is 1. The van der Waals surface area contributed by atoms with Crippen LogP contribution in [-0.2, 0) is 13.0 Å². The minimum Gasteiger partial charge on any atom is -0.508 e. The topological polar surface area (TPSA) is 63.0 Å². The number of phenolic OH excluding ortho intramolecular Hbond substituents is 1. The molecule has 5 heteroatoms. The molecule has 23 heavy (non-hydrogen) atoms. The van der Waals surface area contributed by atoms with Gasteiger partial charge in [0.25, 0.3) is 0 Å². The van der Waals surface area contributed by atoms with Gasteiger partial charge in [-0.1, -0.05) is 18.2 Å². The molecule has 3 heterocycles. The van der Waals surface area contributed by atoms with Crippen LogP contribution in [0.3, 0.4) is 0 Å². The molecule has 0 bridgehead atoms. The molecule has 1 unspecified atom stereocenters. The summed E-state index contributed by atoms with van der Waals surface area (Å²) in [4.78, 5) is 9.30. The first-order chi connectivity index (χ1) is 11.3. The predicted molar refractivity (Wildman–Crippen MR) is 89.4 cm³/mol. The van der Waals surface area contributed by atoms with E-state index in [-0.39, 0.29) is 0 Å². The summed E-state index contributed by atoms with van der Waals surface area (Å²) < 4.78 is 2.14. The molecule has 5 nitrogen and oxygen atoms in total. The number of aromatic nitrogens is 3. The number of fused-ring (bicyclic) bond motifs is 1. The Kier molecular flexibility index (Phi) is 3.71. The largest absolute Gasteiger partial charge is 0.508 e. The summed E-state index contributed by atoms with van der Waals surface area (Å²) >= 11 is 0. The van der Waals surface area contributed by atoms with E-state index >= 15 is 0 Å².